The van der Waals surface area contributed by atoms with Crippen molar-refractivity contribution >= 4 is 33.4 Å². The number of anilines is 1. The van der Waals surface area contributed by atoms with E-state index in [1.54, 1.807) is 30.3 Å². The zero-order chi connectivity index (χ0) is 13.6. The van der Waals surface area contributed by atoms with E-state index in [0.717, 1.165) is 10.0 Å². The summed E-state index contributed by atoms with van der Waals surface area (Å²) in [4.78, 5) is 25.8. The number of nitrogens with zero attached hydrogens (tertiary/aromatic N) is 1. The molecule has 1 aliphatic heterocycles. The Bertz CT molecular complexity index is 692. The Kier molecular flexibility index (Phi) is 2.75. The molecule has 2 amide bonds. The van der Waals surface area contributed by atoms with Crippen LogP contribution in [0.5, 0.6) is 0 Å². The molecule has 1 heterocycles. The van der Waals surface area contributed by atoms with Crippen LogP contribution >= 0.6 is 15.9 Å². The van der Waals surface area contributed by atoms with E-state index in [1.165, 1.54) is 4.90 Å². The lowest BCUT2D eigenvalue weighted by Crippen LogP contribution is -2.29. The van der Waals surface area contributed by atoms with E-state index in [0.29, 0.717) is 16.8 Å². The number of rotatable bonds is 1. The molecule has 2 aromatic rings. The number of aryl methyl sites for hydroxylation is 1. The zero-order valence-corrected chi connectivity index (χ0v) is 11.8. The van der Waals surface area contributed by atoms with Gasteiger partial charge in [-0.2, -0.15) is 0 Å². The van der Waals surface area contributed by atoms with E-state index in [4.69, 9.17) is 0 Å². The number of hydrogen-bond acceptors (Lipinski definition) is 2. The molecular weight excluding hydrogens is 306 g/mol. The molecule has 0 unspecified atom stereocenters. The van der Waals surface area contributed by atoms with Gasteiger partial charge in [-0.3, -0.25) is 9.59 Å². The lowest BCUT2D eigenvalue weighted by molar-refractivity contribution is 0.0926. The number of benzene rings is 2. The van der Waals surface area contributed by atoms with Gasteiger partial charge in [0.1, 0.15) is 0 Å². The predicted octanol–water partition coefficient (Wildman–Crippen LogP) is 3.56. The van der Waals surface area contributed by atoms with Crippen molar-refractivity contribution in [1.29, 1.82) is 0 Å². The molecule has 1 aliphatic rings. The maximum Gasteiger partial charge on any atom is 0.266 e. The third-order valence-corrected chi connectivity index (χ3v) is 3.63. The van der Waals surface area contributed by atoms with Gasteiger partial charge in [0.15, 0.2) is 0 Å². The first-order valence-electron chi connectivity index (χ1n) is 5.83. The summed E-state index contributed by atoms with van der Waals surface area (Å²) in [5.74, 6) is -0.540. The van der Waals surface area contributed by atoms with E-state index in [1.807, 2.05) is 19.1 Å². The fourth-order valence-electron chi connectivity index (χ4n) is 2.14. The molecule has 2 aromatic carbocycles. The Morgan fingerprint density at radius 2 is 1.53 bits per heavy atom. The number of halogens is 1. The second kappa shape index (κ2) is 4.31. The SMILES string of the molecule is Cc1ccc(N2C(=O)c3ccc(Br)cc3C2=O)cc1. The van der Waals surface area contributed by atoms with Crippen molar-refractivity contribution in [3.63, 3.8) is 0 Å². The Morgan fingerprint density at radius 1 is 0.895 bits per heavy atom. The number of carbonyl (C=O) groups is 2. The monoisotopic (exact) mass is 315 g/mol. The van der Waals surface area contributed by atoms with Gasteiger partial charge >= 0.3 is 0 Å². The van der Waals surface area contributed by atoms with Crippen molar-refractivity contribution in [3.8, 4) is 0 Å². The van der Waals surface area contributed by atoms with Gasteiger partial charge in [0.25, 0.3) is 11.8 Å². The molecule has 94 valence electrons. The summed E-state index contributed by atoms with van der Waals surface area (Å²) in [5, 5.41) is 0. The first-order valence-corrected chi connectivity index (χ1v) is 6.62. The van der Waals surface area contributed by atoms with Crippen molar-refractivity contribution in [2.45, 2.75) is 6.92 Å². The Balaban J connectivity index is 2.10. The summed E-state index contributed by atoms with van der Waals surface area (Å²) < 4.78 is 0.790. The van der Waals surface area contributed by atoms with Gasteiger partial charge < -0.3 is 0 Å². The van der Waals surface area contributed by atoms with E-state index in [9.17, 15) is 9.59 Å². The normalized spacial score (nSPS) is 13.9. The molecule has 4 heteroatoms. The van der Waals surface area contributed by atoms with Crippen molar-refractivity contribution < 1.29 is 9.59 Å². The summed E-state index contributed by atoms with van der Waals surface area (Å²) in [6.07, 6.45) is 0. The molecule has 0 aliphatic carbocycles. The van der Waals surface area contributed by atoms with Gasteiger partial charge in [-0.1, -0.05) is 33.6 Å². The summed E-state index contributed by atoms with van der Waals surface area (Å²) in [7, 11) is 0. The molecule has 0 bridgehead atoms. The second-order valence-corrected chi connectivity index (χ2v) is 5.39. The molecule has 0 radical (unpaired) electrons. The van der Waals surface area contributed by atoms with Crippen molar-refractivity contribution in [2.24, 2.45) is 0 Å². The maximum atomic E-state index is 12.3. The average Bonchev–Trinajstić information content (AvgIpc) is 2.63. The molecule has 3 nitrogen and oxygen atoms in total. The van der Waals surface area contributed by atoms with Crippen LogP contribution in [0.25, 0.3) is 0 Å². The van der Waals surface area contributed by atoms with Gasteiger partial charge in [-0.05, 0) is 37.3 Å². The molecule has 19 heavy (non-hydrogen) atoms. The van der Waals surface area contributed by atoms with Crippen LogP contribution in [0.15, 0.2) is 46.9 Å². The van der Waals surface area contributed by atoms with Crippen LogP contribution in [0.4, 0.5) is 5.69 Å². The van der Waals surface area contributed by atoms with Crippen LogP contribution in [0.2, 0.25) is 0 Å². The smallest absolute Gasteiger partial charge is 0.266 e. The fourth-order valence-corrected chi connectivity index (χ4v) is 2.50. The highest BCUT2D eigenvalue weighted by atomic mass is 79.9. The van der Waals surface area contributed by atoms with Gasteiger partial charge in [0.05, 0.1) is 16.8 Å². The van der Waals surface area contributed by atoms with Crippen LogP contribution in [0.1, 0.15) is 26.3 Å². The minimum absolute atomic E-state index is 0.267. The van der Waals surface area contributed by atoms with Crippen molar-refractivity contribution in [3.05, 3.63) is 63.6 Å². The third-order valence-electron chi connectivity index (χ3n) is 3.14. The van der Waals surface area contributed by atoms with Crippen LogP contribution in [0, 0.1) is 6.92 Å². The van der Waals surface area contributed by atoms with Crippen LogP contribution < -0.4 is 4.90 Å². The summed E-state index contributed by atoms with van der Waals surface area (Å²) in [5.41, 5.74) is 2.59. The molecular formula is C15H10BrNO2. The zero-order valence-electron chi connectivity index (χ0n) is 10.2. The van der Waals surface area contributed by atoms with Crippen LogP contribution in [0.3, 0.4) is 0 Å². The minimum atomic E-state index is -0.273. The molecule has 0 aromatic heterocycles. The van der Waals surface area contributed by atoms with Crippen LogP contribution in [-0.2, 0) is 0 Å². The van der Waals surface area contributed by atoms with Crippen molar-refractivity contribution in [1.82, 2.24) is 0 Å². The van der Waals surface area contributed by atoms with E-state index in [-0.39, 0.29) is 11.8 Å². The third kappa shape index (κ3) is 1.88. The molecule has 0 N–H and O–H groups in total. The first kappa shape index (κ1) is 12.1. The first-order chi connectivity index (χ1) is 9.08. The summed E-state index contributed by atoms with van der Waals surface area (Å²) in [6, 6.07) is 12.5. The second-order valence-electron chi connectivity index (χ2n) is 4.47. The minimum Gasteiger partial charge on any atom is -0.268 e. The lowest BCUT2D eigenvalue weighted by Gasteiger charge is -2.13. The van der Waals surface area contributed by atoms with Gasteiger partial charge in [0, 0.05) is 4.47 Å². The average molecular weight is 316 g/mol. The number of fused-ring (bicyclic) bond motifs is 1. The number of amides is 2. The highest BCUT2D eigenvalue weighted by Gasteiger charge is 2.36. The lowest BCUT2D eigenvalue weighted by atomic mass is 10.1. The molecule has 0 spiro atoms. The van der Waals surface area contributed by atoms with E-state index >= 15 is 0 Å². The van der Waals surface area contributed by atoms with Gasteiger partial charge in [0.2, 0.25) is 0 Å². The van der Waals surface area contributed by atoms with Gasteiger partial charge in [-0.25, -0.2) is 4.90 Å². The Hall–Kier alpha value is -1.94. The van der Waals surface area contributed by atoms with E-state index in [2.05, 4.69) is 15.9 Å². The molecule has 0 saturated carbocycles. The number of carbonyl (C=O) groups excluding carboxylic acids is 2. The number of hydrogen-bond donors (Lipinski definition) is 0. The van der Waals surface area contributed by atoms with Gasteiger partial charge in [-0.15, -0.1) is 0 Å². The Morgan fingerprint density at radius 3 is 2.21 bits per heavy atom. The Labute approximate surface area is 119 Å². The summed E-state index contributed by atoms with van der Waals surface area (Å²) >= 11 is 3.32. The maximum absolute atomic E-state index is 12.3. The predicted molar refractivity (Wildman–Crippen MR) is 76.5 cm³/mol. The van der Waals surface area contributed by atoms with Crippen LogP contribution in [-0.4, -0.2) is 11.8 Å². The molecule has 0 fully saturated rings. The topological polar surface area (TPSA) is 37.4 Å². The molecule has 3 rings (SSSR count). The fraction of sp³-hybridized carbons (Fsp3) is 0.0667. The number of imide groups is 1. The highest BCUT2D eigenvalue weighted by Crippen LogP contribution is 2.30. The van der Waals surface area contributed by atoms with Crippen molar-refractivity contribution in [2.75, 3.05) is 4.90 Å². The standard InChI is InChI=1S/C15H10BrNO2/c1-9-2-5-11(6-3-9)17-14(18)12-7-4-10(16)8-13(12)15(17)19/h2-8H,1H3. The highest BCUT2D eigenvalue weighted by molar-refractivity contribution is 9.10. The summed E-state index contributed by atoms with van der Waals surface area (Å²) in [6.45, 7) is 1.96. The molecule has 0 saturated heterocycles. The quantitative estimate of drug-likeness (QED) is 0.755. The molecule has 0 atom stereocenters. The van der Waals surface area contributed by atoms with E-state index < -0.39 is 0 Å². The largest absolute Gasteiger partial charge is 0.268 e.